The first-order chi connectivity index (χ1) is 26.5. The molecule has 288 valence electrons. The summed E-state index contributed by atoms with van der Waals surface area (Å²) in [6.07, 6.45) is 14.6. The van der Waals surface area contributed by atoms with Gasteiger partial charge in [0.25, 0.3) is 0 Å². The maximum atomic E-state index is 12.1. The number of aliphatic hydroxyl groups is 1. The summed E-state index contributed by atoms with van der Waals surface area (Å²) in [4.78, 5) is 19.0. The van der Waals surface area contributed by atoms with Crippen LogP contribution in [0.25, 0.3) is 9.69 Å². The summed E-state index contributed by atoms with van der Waals surface area (Å²) in [5.74, 6) is 3.17. The quantitative estimate of drug-likeness (QED) is 0.183. The van der Waals surface area contributed by atoms with E-state index in [1.54, 1.807) is 0 Å². The highest BCUT2D eigenvalue weighted by Gasteiger charge is 2.54. The van der Waals surface area contributed by atoms with E-state index >= 15 is 0 Å². The number of aliphatic hydroxyl groups excluding tert-OH is 1. The Morgan fingerprint density at radius 3 is 1.85 bits per heavy atom. The van der Waals surface area contributed by atoms with E-state index in [4.69, 9.17) is 24.0 Å². The van der Waals surface area contributed by atoms with Crippen molar-refractivity contribution in [3.05, 3.63) is 122 Å². The molecule has 0 saturated heterocycles. The highest BCUT2D eigenvalue weighted by molar-refractivity contribution is 6.00. The molecule has 0 unspecified atom stereocenters. The Morgan fingerprint density at radius 2 is 1.29 bits per heavy atom. The number of furan rings is 1. The lowest BCUT2D eigenvalue weighted by molar-refractivity contribution is -0.121. The standard InChI is InChI=1S/C15H18N2O.C14H17N3O.C14H15N3O.CH4/c1-9-12-6-11-8-17(3)16-14(11)15(12,2)7-10-4-5-18-13(9)10;2*1-8-10-5-9-7-17(4)16-13(9)14(10,2)6-11(15-3)12(8)18;/h4-5,8-9,12H,6-7H2,1-3H3;7-8,10,18H,5-6H2,1-2,4H3;6-8,10H,5H2,1-2,4H3;1H4/t9-,12-,15-;2*8-,10-,14-;/m000./s1/i;;;1T. The highest BCUT2D eigenvalue weighted by atomic mass is 16.3. The number of carbonyl (C=O) groups is 1. The van der Waals surface area contributed by atoms with Crippen molar-refractivity contribution in [2.24, 2.45) is 50.7 Å². The monoisotopic (exact) mass is 744 g/mol. The molecular formula is C44H54N8O3. The molecule has 6 aliphatic rings. The molecule has 0 saturated carbocycles. The van der Waals surface area contributed by atoms with Gasteiger partial charge in [-0.3, -0.25) is 14.0 Å². The van der Waals surface area contributed by atoms with Crippen LogP contribution >= 0.6 is 0 Å². The molecular weight excluding hydrogens is 689 g/mol. The Kier molecular flexibility index (Phi) is 8.68. The second kappa shape index (κ2) is 13.0. The fourth-order valence-corrected chi connectivity index (χ4v) is 11.5. The van der Waals surface area contributed by atoms with Crippen molar-refractivity contribution in [1.82, 2.24) is 29.3 Å². The Labute approximate surface area is 326 Å². The maximum absolute atomic E-state index is 12.1. The number of hydrogen-bond donors (Lipinski definition) is 1. The summed E-state index contributed by atoms with van der Waals surface area (Å²) in [6, 6.07) is 2.13. The largest absolute Gasteiger partial charge is 0.523 e. The first-order valence-electron chi connectivity index (χ1n) is 20.1. The topological polar surface area (TPSA) is 113 Å². The second-order valence-electron chi connectivity index (χ2n) is 17.6. The van der Waals surface area contributed by atoms with Crippen molar-refractivity contribution < 1.29 is 15.7 Å². The minimum absolute atomic E-state index is 0.0120. The van der Waals surface area contributed by atoms with Crippen LogP contribution in [0.15, 0.2) is 58.6 Å². The molecule has 0 amide bonds. The molecule has 0 aliphatic heterocycles. The number of fused-ring (bicyclic) bond motifs is 10. The highest BCUT2D eigenvalue weighted by Crippen LogP contribution is 2.56. The average Bonchev–Trinajstić information content (AvgIpc) is 4.03. The van der Waals surface area contributed by atoms with Crippen molar-refractivity contribution in [3.8, 4) is 0 Å². The first-order valence-corrected chi connectivity index (χ1v) is 19.1. The molecule has 4 heterocycles. The van der Waals surface area contributed by atoms with Crippen LogP contribution in [-0.2, 0) is 67.9 Å². The third kappa shape index (κ3) is 5.48. The molecule has 9 atom stereocenters. The minimum Gasteiger partial charge on any atom is -0.523 e. The molecule has 0 aromatic carbocycles. The fraction of sp³-hybridized carbons (Fsp3) is 0.545. The number of carbonyl (C=O) groups excluding carboxylic acids is 1. The van der Waals surface area contributed by atoms with Crippen molar-refractivity contribution in [1.29, 1.82) is 0 Å². The van der Waals surface area contributed by atoms with Crippen LogP contribution in [0.2, 0.25) is 0 Å². The number of ketones is 1. The smallest absolute Gasteiger partial charge is 0.226 e. The fourth-order valence-electron chi connectivity index (χ4n) is 11.5. The van der Waals surface area contributed by atoms with Crippen LogP contribution in [0.3, 0.4) is 0 Å². The Bertz CT molecular complexity index is 2360. The second-order valence-corrected chi connectivity index (χ2v) is 17.6. The number of aryl methyl sites for hydroxylation is 3. The third-order valence-corrected chi connectivity index (χ3v) is 14.2. The van der Waals surface area contributed by atoms with Gasteiger partial charge in [-0.15, -0.1) is 0 Å². The molecule has 6 aliphatic carbocycles. The van der Waals surface area contributed by atoms with Gasteiger partial charge >= 0.3 is 0 Å². The van der Waals surface area contributed by atoms with Crippen LogP contribution in [0, 0.1) is 42.7 Å². The Balaban J connectivity index is 0.000000126. The number of nitrogens with zero attached hydrogens (tertiary/aromatic N) is 8. The number of aromatic nitrogens is 6. The molecule has 0 fully saturated rings. The predicted molar refractivity (Wildman–Crippen MR) is 210 cm³/mol. The zero-order valence-corrected chi connectivity index (χ0v) is 33.8. The van der Waals surface area contributed by atoms with Gasteiger partial charge in [-0.1, -0.05) is 55.0 Å². The molecule has 11 nitrogen and oxygen atoms in total. The maximum Gasteiger partial charge on any atom is 0.226 e. The summed E-state index contributed by atoms with van der Waals surface area (Å²) in [5.41, 5.74) is 9.39. The molecule has 10 rings (SSSR count). The zero-order valence-electron chi connectivity index (χ0n) is 34.8. The van der Waals surface area contributed by atoms with Crippen molar-refractivity contribution in [2.75, 3.05) is 0 Å². The van der Waals surface area contributed by atoms with Gasteiger partial charge in [0.05, 0.1) is 42.2 Å². The van der Waals surface area contributed by atoms with Gasteiger partial charge in [-0.2, -0.15) is 15.3 Å². The van der Waals surface area contributed by atoms with Gasteiger partial charge in [0.15, 0.2) is 5.78 Å². The van der Waals surface area contributed by atoms with Gasteiger partial charge in [0.2, 0.25) is 11.4 Å². The summed E-state index contributed by atoms with van der Waals surface area (Å²) in [5, 5.41) is 24.0. The van der Waals surface area contributed by atoms with E-state index in [0.29, 0.717) is 35.6 Å². The normalized spacial score (nSPS) is 33.1. The third-order valence-electron chi connectivity index (χ3n) is 14.2. The van der Waals surface area contributed by atoms with Crippen LogP contribution in [-0.4, -0.2) is 40.2 Å². The lowest BCUT2D eigenvalue weighted by atomic mass is 9.64. The van der Waals surface area contributed by atoms with Gasteiger partial charge in [0, 0.05) is 75.1 Å². The molecule has 0 radical (unpaired) electrons. The Morgan fingerprint density at radius 1 is 0.782 bits per heavy atom. The van der Waals surface area contributed by atoms with Crippen LogP contribution < -0.4 is 0 Å². The van der Waals surface area contributed by atoms with Crippen molar-refractivity contribution in [2.45, 2.75) is 103 Å². The lowest BCUT2D eigenvalue weighted by Crippen LogP contribution is -2.40. The lowest BCUT2D eigenvalue weighted by Gasteiger charge is -2.39. The van der Waals surface area contributed by atoms with Crippen molar-refractivity contribution in [3.63, 3.8) is 0 Å². The van der Waals surface area contributed by atoms with E-state index in [2.05, 4.69) is 66.0 Å². The number of hydrogen-bond acceptors (Lipinski definition) is 6. The first kappa shape index (κ1) is 36.8. The number of allylic oxidation sites excluding steroid dienone is 4. The van der Waals surface area contributed by atoms with E-state index in [1.807, 2.05) is 67.6 Å². The number of Topliss-reactive ketones (excluding diaryl/α,β-unsaturated/α-hetero) is 1. The van der Waals surface area contributed by atoms with E-state index in [1.165, 1.54) is 41.1 Å². The van der Waals surface area contributed by atoms with Gasteiger partial charge < -0.3 is 14.3 Å². The number of rotatable bonds is 0. The van der Waals surface area contributed by atoms with Gasteiger partial charge in [-0.05, 0) is 78.2 Å². The van der Waals surface area contributed by atoms with Gasteiger partial charge in [0.1, 0.15) is 5.76 Å². The van der Waals surface area contributed by atoms with E-state index in [0.717, 1.165) is 37.1 Å². The van der Waals surface area contributed by atoms with E-state index in [-0.39, 0.29) is 45.5 Å². The summed E-state index contributed by atoms with van der Waals surface area (Å²) >= 11 is 0. The van der Waals surface area contributed by atoms with Gasteiger partial charge in [-0.25, -0.2) is 9.69 Å². The molecule has 1 N–H and O–H groups in total. The molecule has 11 heteroatoms. The van der Waals surface area contributed by atoms with Crippen LogP contribution in [0.4, 0.5) is 0 Å². The molecule has 4 aromatic heterocycles. The summed E-state index contributed by atoms with van der Waals surface area (Å²) < 4.78 is 17.1. The van der Waals surface area contributed by atoms with Crippen LogP contribution in [0.1, 0.15) is 108 Å². The van der Waals surface area contributed by atoms with Crippen molar-refractivity contribution >= 4 is 5.78 Å². The molecule has 0 spiro atoms. The molecule has 55 heavy (non-hydrogen) atoms. The van der Waals surface area contributed by atoms with Crippen LogP contribution in [0.5, 0.6) is 0 Å². The predicted octanol–water partition coefficient (Wildman–Crippen LogP) is 7.89. The molecule has 4 aromatic rings. The molecule has 0 bridgehead atoms. The van der Waals surface area contributed by atoms with E-state index < -0.39 is 0 Å². The summed E-state index contributed by atoms with van der Waals surface area (Å²) in [7, 11) is 7.12. The summed E-state index contributed by atoms with van der Waals surface area (Å²) in [6.45, 7) is 27.3. The zero-order chi connectivity index (χ0) is 40.6. The SMILES string of the molecule is C[C@@H]1c2occc2C[C@]2(C)c3nn(C)cc3C[C@@H]12.[3H]C.[C-]#[N+]C1=C(O)[C@@H](C)[C@@H]2Cc3cn(C)nc3[C@@]2(C)C1.[C-]#[N+]C1=C[C@]2(C)c3nn(C)cc3C[C@H]2[C@H](C)C1=O. The Hall–Kier alpha value is -5.16. The average molecular weight is 745 g/mol. The minimum atomic E-state index is -0.260. The van der Waals surface area contributed by atoms with E-state index in [9.17, 15) is 9.90 Å².